The summed E-state index contributed by atoms with van der Waals surface area (Å²) in [5, 5.41) is 2.79. The lowest BCUT2D eigenvalue weighted by Gasteiger charge is -2.49. The van der Waals surface area contributed by atoms with Gasteiger partial charge < -0.3 is 44.4 Å². The third-order valence-corrected chi connectivity index (χ3v) is 30.1. The first kappa shape index (κ1) is 50.5. The van der Waals surface area contributed by atoms with Gasteiger partial charge in [-0.05, 0) is 131 Å². The van der Waals surface area contributed by atoms with Gasteiger partial charge in [-0.2, -0.15) is 0 Å². The predicted octanol–water partition coefficient (Wildman–Crippen LogP) is 9.16. The maximum Gasteiger partial charge on any atom is 0.493 e. The molecule has 0 aromatic heterocycles. The van der Waals surface area contributed by atoms with Crippen LogP contribution in [0.25, 0.3) is 0 Å². The topological polar surface area (TPSA) is 123 Å². The number of carbonyl (C=O) groups is 2. The Labute approximate surface area is 319 Å². The molecule has 51 heavy (non-hydrogen) atoms. The molecule has 0 saturated heterocycles. The first-order valence-corrected chi connectivity index (χ1v) is 42.2. The van der Waals surface area contributed by atoms with Gasteiger partial charge in [-0.1, -0.05) is 19.2 Å². The third-order valence-electron chi connectivity index (χ3n) is 5.83. The molecule has 20 heteroatoms. The molecular weight excluding hydrogens is 785 g/mol. The zero-order valence-corrected chi connectivity index (χ0v) is 43.4. The van der Waals surface area contributed by atoms with Crippen molar-refractivity contribution < 1.29 is 43.8 Å². The Morgan fingerprint density at radius 3 is 1.37 bits per heavy atom. The molecule has 1 N–H and O–H groups in total. The molecule has 12 nitrogen and oxygen atoms in total. The number of hydrogen-bond donors (Lipinski definition) is 1. The van der Waals surface area contributed by atoms with Gasteiger partial charge in [0.1, 0.15) is 12.3 Å². The van der Waals surface area contributed by atoms with Gasteiger partial charge in [-0.15, -0.1) is 0 Å². The molecule has 0 aliphatic carbocycles. The van der Waals surface area contributed by atoms with Crippen molar-refractivity contribution in [3.8, 4) is 0 Å². The molecule has 0 aromatic carbocycles. The van der Waals surface area contributed by atoms with E-state index in [1.807, 2.05) is 0 Å². The van der Waals surface area contributed by atoms with E-state index in [0.717, 1.165) is 6.26 Å². The van der Waals surface area contributed by atoms with Crippen LogP contribution in [0.5, 0.6) is 0 Å². The summed E-state index contributed by atoms with van der Waals surface area (Å²) < 4.78 is 53.1. The fourth-order valence-electron chi connectivity index (χ4n) is 5.17. The molecule has 0 fully saturated rings. The van der Waals surface area contributed by atoms with Gasteiger partial charge in [-0.25, -0.2) is 9.59 Å². The Hall–Kier alpha value is -0.485. The molecule has 0 bridgehead atoms. The van der Waals surface area contributed by atoms with Crippen molar-refractivity contribution in [2.75, 3.05) is 19.7 Å². The van der Waals surface area contributed by atoms with Crippen molar-refractivity contribution in [3.05, 3.63) is 25.5 Å². The highest BCUT2D eigenvalue weighted by Gasteiger charge is 2.59. The van der Waals surface area contributed by atoms with Crippen LogP contribution in [0, 0.1) is 0 Å². The largest absolute Gasteiger partial charge is 0.493 e. The molecule has 0 saturated carbocycles. The van der Waals surface area contributed by atoms with Gasteiger partial charge in [0.2, 0.25) is 0 Å². The highest BCUT2D eigenvalue weighted by Crippen LogP contribution is 2.34. The van der Waals surface area contributed by atoms with E-state index < -0.39 is 85.4 Å². The molecule has 300 valence electrons. The number of hydrogen-bond acceptors (Lipinski definition) is 10. The van der Waals surface area contributed by atoms with Crippen LogP contribution >= 0.6 is 0 Å². The van der Waals surface area contributed by atoms with Crippen molar-refractivity contribution in [1.82, 2.24) is 10.2 Å². The minimum absolute atomic E-state index is 0.0219. The molecule has 2 amide bonds. The average Bonchev–Trinajstić information content (AvgIpc) is 2.81. The lowest BCUT2D eigenvalue weighted by molar-refractivity contribution is 0.0866. The van der Waals surface area contributed by atoms with Gasteiger partial charge in [0.25, 0.3) is 0 Å². The highest BCUT2D eigenvalue weighted by molar-refractivity contribution is 6.91. The molecule has 0 aromatic rings. The fourth-order valence-corrected chi connectivity index (χ4v) is 34.4. The maximum absolute atomic E-state index is 14.3. The Balaban J connectivity index is 7.58. The normalized spacial score (nSPS) is 14.5. The van der Waals surface area contributed by atoms with Crippen molar-refractivity contribution in [3.63, 3.8) is 0 Å². The smallest absolute Gasteiger partial charge is 0.445 e. The van der Waals surface area contributed by atoms with Gasteiger partial charge >= 0.3 is 29.8 Å². The van der Waals surface area contributed by atoms with Gasteiger partial charge in [0.15, 0.2) is 49.9 Å². The summed E-state index contributed by atoms with van der Waals surface area (Å²) in [6.07, 6.45) is 2.21. The molecule has 1 atom stereocenters. The van der Waals surface area contributed by atoms with Crippen LogP contribution in [0.4, 0.5) is 9.59 Å². The summed E-state index contributed by atoms with van der Waals surface area (Å²) in [7, 11) is -20.6. The van der Waals surface area contributed by atoms with Gasteiger partial charge in [0.05, 0.1) is 6.26 Å². The van der Waals surface area contributed by atoms with Crippen LogP contribution in [0.2, 0.25) is 124 Å². The van der Waals surface area contributed by atoms with E-state index in [1.54, 1.807) is 11.0 Å². The Morgan fingerprint density at radius 1 is 0.647 bits per heavy atom. The molecule has 1 unspecified atom stereocenters. The first-order chi connectivity index (χ1) is 22.7. The van der Waals surface area contributed by atoms with Crippen molar-refractivity contribution in [2.24, 2.45) is 0 Å². The number of ether oxygens (including phenoxy) is 2. The lowest BCUT2D eigenvalue weighted by Crippen LogP contribution is -2.71. The van der Waals surface area contributed by atoms with E-state index in [2.05, 4.69) is 136 Å². The average molecular weight is 860 g/mol. The van der Waals surface area contributed by atoms with Crippen molar-refractivity contribution >= 4 is 79.7 Å². The maximum atomic E-state index is 14.3. The van der Waals surface area contributed by atoms with Crippen LogP contribution < -0.4 is 5.32 Å². The quantitative estimate of drug-likeness (QED) is 0.0571. The summed E-state index contributed by atoms with van der Waals surface area (Å²) in [4.78, 5) is 28.4. The monoisotopic (exact) mass is 858 g/mol. The molecule has 0 heterocycles. The fraction of sp³-hybridized carbons (Fsp3) is 0.806. The Kier molecular flexibility index (Phi) is 19.7. The van der Waals surface area contributed by atoms with E-state index in [4.69, 9.17) is 34.2 Å². The third kappa shape index (κ3) is 23.1. The SMILES string of the molecule is C=CCOC(=O)N(CCC[Si](O[Si](C)(C)C)(O[Si](C)(C)C)O[Si](C)(C)C)C(CCNC(=O)OC=C)[Si](O[Si](C)(C)C)(O[Si](C)(C)C)O[Si](C)(C)C. The summed E-state index contributed by atoms with van der Waals surface area (Å²) in [6.45, 7) is 46.0. The molecule has 0 rings (SSSR count). The van der Waals surface area contributed by atoms with Crippen molar-refractivity contribution in [1.29, 1.82) is 0 Å². The molecule has 0 aliphatic rings. The van der Waals surface area contributed by atoms with Crippen LogP contribution in [0.3, 0.4) is 0 Å². The van der Waals surface area contributed by atoms with Crippen LogP contribution in [0.1, 0.15) is 12.8 Å². The van der Waals surface area contributed by atoms with E-state index in [1.165, 1.54) is 0 Å². The molecular formula is C31H74N2O10Si8. The van der Waals surface area contributed by atoms with Crippen molar-refractivity contribution in [2.45, 2.75) is 142 Å². The molecule has 0 aliphatic heterocycles. The second-order valence-corrected chi connectivity index (χ2v) is 52.5. The summed E-state index contributed by atoms with van der Waals surface area (Å²) in [5.74, 6) is 0. The first-order valence-electron chi connectivity index (χ1n) is 18.0. The lowest BCUT2D eigenvalue weighted by atomic mass is 10.3. The minimum Gasteiger partial charge on any atom is -0.445 e. The number of nitrogens with zero attached hydrogens (tertiary/aromatic N) is 1. The van der Waals surface area contributed by atoms with E-state index in [0.29, 0.717) is 12.5 Å². The zero-order valence-electron chi connectivity index (χ0n) is 35.4. The van der Waals surface area contributed by atoms with Gasteiger partial charge in [-0.3, -0.25) is 0 Å². The van der Waals surface area contributed by atoms with E-state index in [-0.39, 0.29) is 26.1 Å². The summed E-state index contributed by atoms with van der Waals surface area (Å²) >= 11 is 0. The molecule has 0 radical (unpaired) electrons. The van der Waals surface area contributed by atoms with Gasteiger partial charge in [0, 0.05) is 19.1 Å². The Bertz CT molecular complexity index is 1040. The van der Waals surface area contributed by atoms with E-state index in [9.17, 15) is 9.59 Å². The second-order valence-electron chi connectivity index (χ2n) is 18.5. The van der Waals surface area contributed by atoms with Crippen LogP contribution in [0.15, 0.2) is 25.5 Å². The highest BCUT2D eigenvalue weighted by atomic mass is 28.5. The molecule has 0 spiro atoms. The van der Waals surface area contributed by atoms with Crippen LogP contribution in [-0.4, -0.2) is 110 Å². The number of carbonyl (C=O) groups excluding carboxylic acids is 2. The summed E-state index contributed by atoms with van der Waals surface area (Å²) in [6, 6.07) is 0.515. The predicted molar refractivity (Wildman–Crippen MR) is 229 cm³/mol. The zero-order chi connectivity index (χ0) is 40.3. The summed E-state index contributed by atoms with van der Waals surface area (Å²) in [5.41, 5.74) is -0.700. The second kappa shape index (κ2) is 19.9. The minimum atomic E-state index is -3.79. The number of nitrogens with one attached hydrogen (secondary N) is 1. The standard InChI is InChI=1S/C31H74N2O10Si8/c1-21-27-37-31(35)33(26-23-28-50(38-44(3,4)5,39-45(6,7)8)40-46(9,10)11)29(24-25-32-30(34)36-22-2)51(41-47(12,13)14,42-48(15,16)17)43-49(18,19)20/h21-22,29H,1-2,23-28H2,3-20H3,(H,32,34). The number of rotatable bonds is 24. The number of amides is 2. The van der Waals surface area contributed by atoms with Crippen LogP contribution in [-0.2, 0) is 34.2 Å². The Morgan fingerprint density at radius 2 is 1.04 bits per heavy atom. The van der Waals surface area contributed by atoms with E-state index >= 15 is 0 Å². The number of alkyl carbamates (subject to hydrolysis) is 1.